The maximum absolute atomic E-state index is 12.7. The second-order valence-electron chi connectivity index (χ2n) is 5.50. The molecule has 2 aromatic heterocycles. The van der Waals surface area contributed by atoms with Crippen molar-refractivity contribution in [2.45, 2.75) is 19.1 Å². The molecule has 1 aliphatic heterocycles. The third kappa shape index (κ3) is 3.42. The van der Waals surface area contributed by atoms with Crippen LogP contribution < -0.4 is 5.73 Å². The number of nitrogens with two attached hydrogens (primary N) is 1. The molecule has 1 amide bonds. The van der Waals surface area contributed by atoms with Crippen molar-refractivity contribution in [1.82, 2.24) is 19.7 Å². The average Bonchev–Trinajstić information content (AvgIpc) is 2.71. The summed E-state index contributed by atoms with van der Waals surface area (Å²) in [5.41, 5.74) is 5.83. The van der Waals surface area contributed by atoms with E-state index in [0.717, 1.165) is 4.68 Å². The fourth-order valence-corrected chi connectivity index (χ4v) is 2.61. The molecule has 2 aromatic rings. The van der Waals surface area contributed by atoms with E-state index in [9.17, 15) is 18.0 Å². The van der Waals surface area contributed by atoms with Crippen molar-refractivity contribution in [2.24, 2.45) is 0 Å². The summed E-state index contributed by atoms with van der Waals surface area (Å²) in [4.78, 5) is 18.1. The number of halogens is 3. The van der Waals surface area contributed by atoms with Crippen molar-refractivity contribution in [3.8, 4) is 0 Å². The van der Waals surface area contributed by atoms with Crippen LogP contribution in [0.3, 0.4) is 0 Å². The number of rotatable bonds is 2. The number of aromatic nitrogens is 3. The molecule has 0 bridgehead atoms. The van der Waals surface area contributed by atoms with E-state index in [1.807, 2.05) is 0 Å². The van der Waals surface area contributed by atoms with Crippen LogP contribution in [0.25, 0.3) is 10.9 Å². The van der Waals surface area contributed by atoms with Crippen molar-refractivity contribution in [3.63, 3.8) is 0 Å². The van der Waals surface area contributed by atoms with Crippen LogP contribution in [-0.4, -0.2) is 58.1 Å². The number of nitrogen functional groups attached to an aromatic ring is 1. The molecule has 0 unspecified atom stereocenters. The Bertz CT molecular complexity index is 751. The van der Waals surface area contributed by atoms with Crippen LogP contribution in [0.15, 0.2) is 12.3 Å². The first-order valence-corrected chi connectivity index (χ1v) is 7.41. The molecule has 130 valence electrons. The standard InChI is InChI=1S/C14H16F3N5O2/c15-14(16,17)8-22-11-6-10(19-7-9(11)12(18)20-22)13(23)21-2-1-4-24-5-3-21/h6-7H,1-5,8H2,(H2,18,20). The van der Waals surface area contributed by atoms with E-state index in [4.69, 9.17) is 10.5 Å². The van der Waals surface area contributed by atoms with Crippen molar-refractivity contribution in [3.05, 3.63) is 18.0 Å². The normalized spacial score (nSPS) is 16.4. The molecule has 24 heavy (non-hydrogen) atoms. The van der Waals surface area contributed by atoms with Gasteiger partial charge < -0.3 is 15.4 Å². The first-order valence-electron chi connectivity index (χ1n) is 7.41. The van der Waals surface area contributed by atoms with Gasteiger partial charge in [-0.1, -0.05) is 0 Å². The number of fused-ring (bicyclic) bond motifs is 1. The van der Waals surface area contributed by atoms with Gasteiger partial charge in [0.15, 0.2) is 5.82 Å². The molecule has 0 spiro atoms. The number of amides is 1. The number of carbonyl (C=O) groups excluding carboxylic acids is 1. The molecule has 2 N–H and O–H groups in total. The second kappa shape index (κ2) is 6.27. The molecule has 0 atom stereocenters. The Morgan fingerprint density at radius 2 is 2.12 bits per heavy atom. The number of carbonyl (C=O) groups is 1. The molecule has 0 saturated carbocycles. The Labute approximate surface area is 135 Å². The lowest BCUT2D eigenvalue weighted by atomic mass is 10.2. The molecule has 0 aliphatic carbocycles. The molecule has 0 aromatic carbocycles. The molecule has 1 saturated heterocycles. The van der Waals surface area contributed by atoms with Gasteiger partial charge >= 0.3 is 6.18 Å². The van der Waals surface area contributed by atoms with Crippen LogP contribution in [0.1, 0.15) is 16.9 Å². The van der Waals surface area contributed by atoms with Gasteiger partial charge in [0.05, 0.1) is 17.5 Å². The molecular weight excluding hydrogens is 327 g/mol. The molecule has 3 heterocycles. The Hall–Kier alpha value is -2.36. The lowest BCUT2D eigenvalue weighted by Crippen LogP contribution is -2.33. The molecule has 0 radical (unpaired) electrons. The van der Waals surface area contributed by atoms with Crippen LogP contribution in [0.5, 0.6) is 0 Å². The van der Waals surface area contributed by atoms with Crippen molar-refractivity contribution in [1.29, 1.82) is 0 Å². The summed E-state index contributed by atoms with van der Waals surface area (Å²) in [7, 11) is 0. The van der Waals surface area contributed by atoms with Crippen LogP contribution in [0, 0.1) is 0 Å². The van der Waals surface area contributed by atoms with Gasteiger partial charge in [-0.2, -0.15) is 18.3 Å². The van der Waals surface area contributed by atoms with Crippen molar-refractivity contribution >= 4 is 22.6 Å². The zero-order valence-corrected chi connectivity index (χ0v) is 12.7. The summed E-state index contributed by atoms with van der Waals surface area (Å²) >= 11 is 0. The number of hydrogen-bond acceptors (Lipinski definition) is 5. The predicted molar refractivity (Wildman–Crippen MR) is 79.3 cm³/mol. The van der Waals surface area contributed by atoms with Crippen LogP contribution in [0.2, 0.25) is 0 Å². The fraction of sp³-hybridized carbons (Fsp3) is 0.500. The SMILES string of the molecule is Nc1nn(CC(F)(F)F)c2cc(C(=O)N3CCCOCC3)ncc12. The maximum atomic E-state index is 12.7. The smallest absolute Gasteiger partial charge is 0.382 e. The molecule has 1 fully saturated rings. The highest BCUT2D eigenvalue weighted by atomic mass is 19.4. The van der Waals surface area contributed by atoms with Gasteiger partial charge in [-0.25, -0.2) is 0 Å². The highest BCUT2D eigenvalue weighted by molar-refractivity contribution is 5.97. The minimum Gasteiger partial charge on any atom is -0.382 e. The minimum absolute atomic E-state index is 0.0519. The summed E-state index contributed by atoms with van der Waals surface area (Å²) in [5, 5.41) is 3.98. The highest BCUT2D eigenvalue weighted by Crippen LogP contribution is 2.25. The molecule has 10 heteroatoms. The number of hydrogen-bond donors (Lipinski definition) is 1. The maximum Gasteiger partial charge on any atom is 0.408 e. The summed E-state index contributed by atoms with van der Waals surface area (Å²) in [6.07, 6.45) is -2.46. The Balaban J connectivity index is 1.94. The first kappa shape index (κ1) is 16.5. The Morgan fingerprint density at radius 1 is 1.33 bits per heavy atom. The summed E-state index contributed by atoms with van der Waals surface area (Å²) < 4.78 is 44.0. The van der Waals surface area contributed by atoms with E-state index < -0.39 is 12.7 Å². The van der Waals surface area contributed by atoms with E-state index in [2.05, 4.69) is 10.1 Å². The third-order valence-electron chi connectivity index (χ3n) is 3.72. The predicted octanol–water partition coefficient (Wildman–Crippen LogP) is 1.44. The number of alkyl halides is 3. The van der Waals surface area contributed by atoms with Gasteiger partial charge in [0.2, 0.25) is 0 Å². The molecule has 7 nitrogen and oxygen atoms in total. The number of anilines is 1. The van der Waals surface area contributed by atoms with Crippen molar-refractivity contribution < 1.29 is 22.7 Å². The fourth-order valence-electron chi connectivity index (χ4n) is 2.61. The summed E-state index contributed by atoms with van der Waals surface area (Å²) in [6, 6.07) is 1.30. The monoisotopic (exact) mass is 343 g/mol. The minimum atomic E-state index is -4.44. The highest BCUT2D eigenvalue weighted by Gasteiger charge is 2.30. The van der Waals surface area contributed by atoms with Gasteiger partial charge in [0, 0.05) is 25.9 Å². The van der Waals surface area contributed by atoms with Gasteiger partial charge in [-0.3, -0.25) is 14.5 Å². The molecular formula is C14H16F3N5O2. The van der Waals surface area contributed by atoms with Gasteiger partial charge in [0.1, 0.15) is 12.2 Å². The first-order chi connectivity index (χ1) is 11.3. The topological polar surface area (TPSA) is 86.3 Å². The van der Waals surface area contributed by atoms with Crippen LogP contribution in [-0.2, 0) is 11.3 Å². The average molecular weight is 343 g/mol. The lowest BCUT2D eigenvalue weighted by Gasteiger charge is -2.19. The Kier molecular flexibility index (Phi) is 4.31. The van der Waals surface area contributed by atoms with Crippen molar-refractivity contribution in [2.75, 3.05) is 32.0 Å². The van der Waals surface area contributed by atoms with E-state index in [1.54, 1.807) is 4.90 Å². The quantitative estimate of drug-likeness (QED) is 0.892. The van der Waals surface area contributed by atoms with E-state index >= 15 is 0 Å². The van der Waals surface area contributed by atoms with E-state index in [-0.39, 0.29) is 28.3 Å². The van der Waals surface area contributed by atoms with Gasteiger partial charge in [-0.05, 0) is 12.5 Å². The summed E-state index contributed by atoms with van der Waals surface area (Å²) in [6.45, 7) is 0.652. The summed E-state index contributed by atoms with van der Waals surface area (Å²) in [5.74, 6) is -0.398. The number of pyridine rings is 1. The largest absolute Gasteiger partial charge is 0.408 e. The number of ether oxygens (including phenoxy) is 1. The van der Waals surface area contributed by atoms with Crippen LogP contribution >= 0.6 is 0 Å². The zero-order chi connectivity index (χ0) is 17.3. The third-order valence-corrected chi connectivity index (χ3v) is 3.72. The molecule has 1 aliphatic rings. The zero-order valence-electron chi connectivity index (χ0n) is 12.7. The van der Waals surface area contributed by atoms with Gasteiger partial charge in [0.25, 0.3) is 5.91 Å². The Morgan fingerprint density at radius 3 is 2.88 bits per heavy atom. The second-order valence-corrected chi connectivity index (χ2v) is 5.50. The van der Waals surface area contributed by atoms with E-state index in [1.165, 1.54) is 12.3 Å². The van der Waals surface area contributed by atoms with Gasteiger partial charge in [-0.15, -0.1) is 0 Å². The lowest BCUT2D eigenvalue weighted by molar-refractivity contribution is -0.141. The van der Waals surface area contributed by atoms with E-state index in [0.29, 0.717) is 32.7 Å². The van der Waals surface area contributed by atoms with Crippen LogP contribution in [0.4, 0.5) is 19.0 Å². The number of nitrogens with zero attached hydrogens (tertiary/aromatic N) is 4. The molecule has 3 rings (SSSR count).